The third kappa shape index (κ3) is 4.27. The Labute approximate surface area is 69.5 Å². The van der Waals surface area contributed by atoms with Crippen molar-refractivity contribution in [2.24, 2.45) is 5.73 Å². The molecule has 0 aliphatic heterocycles. The van der Waals surface area contributed by atoms with Crippen LogP contribution in [0.5, 0.6) is 0 Å². The van der Waals surface area contributed by atoms with Gasteiger partial charge in [-0.05, 0) is 41.7 Å². The molecule has 0 aliphatic carbocycles. The molecule has 0 atom stereocenters. The highest BCUT2D eigenvalue weighted by Gasteiger charge is 1.82. The molecule has 0 aromatic heterocycles. The Hall–Kier alpha value is -0.250. The molecule has 0 saturated heterocycles. The quantitative estimate of drug-likeness (QED) is 0.577. The molecule has 2 N–H and O–H groups in total. The Balaban J connectivity index is 4.11. The van der Waals surface area contributed by atoms with E-state index in [4.69, 9.17) is 5.73 Å². The van der Waals surface area contributed by atoms with E-state index in [2.05, 4.69) is 29.2 Å². The van der Waals surface area contributed by atoms with Crippen LogP contribution >= 0.6 is 22.6 Å². The van der Waals surface area contributed by atoms with Gasteiger partial charge in [0.05, 0.1) is 0 Å². The molecule has 0 saturated carbocycles. The van der Waals surface area contributed by atoms with Crippen molar-refractivity contribution in [1.29, 1.82) is 0 Å². The molecule has 2 heteroatoms. The minimum absolute atomic E-state index is 0.706. The van der Waals surface area contributed by atoms with Crippen molar-refractivity contribution >= 4 is 22.6 Å². The van der Waals surface area contributed by atoms with Crippen molar-refractivity contribution in [2.45, 2.75) is 6.92 Å². The minimum Gasteiger partial charge on any atom is -0.399 e. The summed E-state index contributed by atoms with van der Waals surface area (Å²) in [5.74, 6) is 0. The Morgan fingerprint density at radius 3 is 2.56 bits per heavy atom. The minimum atomic E-state index is 0.706. The van der Waals surface area contributed by atoms with E-state index >= 15 is 0 Å². The fourth-order valence-corrected chi connectivity index (χ4v) is 0.661. The number of nitrogens with two attached hydrogens (primary N) is 1. The Bertz CT molecular complexity index is 156. The normalized spacial score (nSPS) is 13.6. The third-order valence-electron chi connectivity index (χ3n) is 0.816. The van der Waals surface area contributed by atoms with Crippen LogP contribution in [-0.2, 0) is 0 Å². The van der Waals surface area contributed by atoms with E-state index in [0.29, 0.717) is 5.70 Å². The highest BCUT2D eigenvalue weighted by atomic mass is 127. The van der Waals surface area contributed by atoms with E-state index in [9.17, 15) is 0 Å². The zero-order valence-electron chi connectivity index (χ0n) is 5.39. The average Bonchev–Trinajstić information content (AvgIpc) is 1.87. The standard InChI is InChI=1S/C7H10IN/c1-3-6(8)5-7(9)4-2/h3-5H,2,9H2,1H3/b6-3+,7-5+. The summed E-state index contributed by atoms with van der Waals surface area (Å²) in [4.78, 5) is 0. The van der Waals surface area contributed by atoms with Crippen molar-refractivity contribution < 1.29 is 0 Å². The summed E-state index contributed by atoms with van der Waals surface area (Å²) in [7, 11) is 0. The summed E-state index contributed by atoms with van der Waals surface area (Å²) in [6.45, 7) is 5.49. The first-order valence-corrected chi connectivity index (χ1v) is 3.70. The van der Waals surface area contributed by atoms with Crippen LogP contribution in [0.1, 0.15) is 6.92 Å². The molecular formula is C7H10IN. The largest absolute Gasteiger partial charge is 0.399 e. The average molecular weight is 235 g/mol. The molecule has 0 heterocycles. The highest BCUT2D eigenvalue weighted by Crippen LogP contribution is 2.07. The van der Waals surface area contributed by atoms with Gasteiger partial charge in [-0.3, -0.25) is 0 Å². The van der Waals surface area contributed by atoms with E-state index in [0.717, 1.165) is 3.58 Å². The van der Waals surface area contributed by atoms with Crippen LogP contribution in [-0.4, -0.2) is 0 Å². The lowest BCUT2D eigenvalue weighted by atomic mass is 10.4. The Morgan fingerprint density at radius 1 is 1.67 bits per heavy atom. The zero-order valence-corrected chi connectivity index (χ0v) is 7.55. The summed E-state index contributed by atoms with van der Waals surface area (Å²) >= 11 is 2.20. The highest BCUT2D eigenvalue weighted by molar-refractivity contribution is 14.1. The van der Waals surface area contributed by atoms with Crippen LogP contribution in [0, 0.1) is 0 Å². The van der Waals surface area contributed by atoms with Gasteiger partial charge in [0.25, 0.3) is 0 Å². The fourth-order valence-electron chi connectivity index (χ4n) is 0.301. The number of hydrogen-bond acceptors (Lipinski definition) is 1. The molecule has 0 rings (SSSR count). The molecular weight excluding hydrogens is 225 g/mol. The lowest BCUT2D eigenvalue weighted by Gasteiger charge is -1.89. The predicted molar refractivity (Wildman–Crippen MR) is 50.2 cm³/mol. The van der Waals surface area contributed by atoms with Gasteiger partial charge in [-0.1, -0.05) is 12.7 Å². The van der Waals surface area contributed by atoms with Crippen LogP contribution < -0.4 is 5.73 Å². The van der Waals surface area contributed by atoms with Crippen molar-refractivity contribution in [3.05, 3.63) is 34.1 Å². The van der Waals surface area contributed by atoms with E-state index in [1.165, 1.54) is 0 Å². The van der Waals surface area contributed by atoms with Crippen LogP contribution in [0.3, 0.4) is 0 Å². The summed E-state index contributed by atoms with van der Waals surface area (Å²) in [6, 6.07) is 0. The van der Waals surface area contributed by atoms with Crippen molar-refractivity contribution in [3.63, 3.8) is 0 Å². The second-order valence-corrected chi connectivity index (χ2v) is 2.77. The second kappa shape index (κ2) is 4.61. The maximum Gasteiger partial charge on any atom is 0.0318 e. The maximum atomic E-state index is 5.45. The molecule has 0 unspecified atom stereocenters. The summed E-state index contributed by atoms with van der Waals surface area (Å²) in [5.41, 5.74) is 6.15. The van der Waals surface area contributed by atoms with E-state index in [1.807, 2.05) is 19.1 Å². The van der Waals surface area contributed by atoms with Gasteiger partial charge in [-0.2, -0.15) is 0 Å². The first kappa shape index (κ1) is 8.75. The zero-order chi connectivity index (χ0) is 7.28. The first-order valence-electron chi connectivity index (χ1n) is 2.62. The van der Waals surface area contributed by atoms with Crippen LogP contribution in [0.4, 0.5) is 0 Å². The van der Waals surface area contributed by atoms with Gasteiger partial charge in [0.15, 0.2) is 0 Å². The molecule has 0 aliphatic rings. The molecule has 1 nitrogen and oxygen atoms in total. The SMILES string of the molecule is C=C/C(N)=C\C(I)=C/C. The summed E-state index contributed by atoms with van der Waals surface area (Å²) in [5, 5.41) is 0. The van der Waals surface area contributed by atoms with Crippen molar-refractivity contribution in [3.8, 4) is 0 Å². The molecule has 50 valence electrons. The Kier molecular flexibility index (Phi) is 4.48. The van der Waals surface area contributed by atoms with Gasteiger partial charge in [-0.25, -0.2) is 0 Å². The summed E-state index contributed by atoms with van der Waals surface area (Å²) in [6.07, 6.45) is 5.48. The maximum absolute atomic E-state index is 5.45. The Morgan fingerprint density at radius 2 is 2.22 bits per heavy atom. The summed E-state index contributed by atoms with van der Waals surface area (Å²) < 4.78 is 1.13. The topological polar surface area (TPSA) is 26.0 Å². The van der Waals surface area contributed by atoms with E-state index in [1.54, 1.807) is 6.08 Å². The van der Waals surface area contributed by atoms with Gasteiger partial charge in [0, 0.05) is 9.28 Å². The number of rotatable bonds is 2. The fraction of sp³-hybridized carbons (Fsp3) is 0.143. The van der Waals surface area contributed by atoms with Gasteiger partial charge < -0.3 is 5.73 Å². The molecule has 0 radical (unpaired) electrons. The van der Waals surface area contributed by atoms with Crippen LogP contribution in [0.25, 0.3) is 0 Å². The van der Waals surface area contributed by atoms with Crippen molar-refractivity contribution in [2.75, 3.05) is 0 Å². The molecule has 0 aromatic carbocycles. The first-order chi connectivity index (χ1) is 4.20. The van der Waals surface area contributed by atoms with Gasteiger partial charge in [-0.15, -0.1) is 0 Å². The van der Waals surface area contributed by atoms with E-state index in [-0.39, 0.29) is 0 Å². The van der Waals surface area contributed by atoms with Crippen molar-refractivity contribution in [1.82, 2.24) is 0 Å². The molecule has 0 fully saturated rings. The number of allylic oxidation sites excluding steroid dienone is 4. The smallest absolute Gasteiger partial charge is 0.0318 e. The monoisotopic (exact) mass is 235 g/mol. The molecule has 0 aromatic rings. The molecule has 0 bridgehead atoms. The van der Waals surface area contributed by atoms with Gasteiger partial charge in [0.2, 0.25) is 0 Å². The van der Waals surface area contributed by atoms with Gasteiger partial charge in [0.1, 0.15) is 0 Å². The number of halogens is 1. The molecule has 0 amide bonds. The number of hydrogen-bond donors (Lipinski definition) is 1. The predicted octanol–water partition coefficient (Wildman–Crippen LogP) is 2.35. The van der Waals surface area contributed by atoms with Crippen LogP contribution in [0.15, 0.2) is 34.1 Å². The lowest BCUT2D eigenvalue weighted by Crippen LogP contribution is -1.90. The second-order valence-electron chi connectivity index (χ2n) is 1.52. The van der Waals surface area contributed by atoms with Gasteiger partial charge >= 0.3 is 0 Å². The third-order valence-corrected chi connectivity index (χ3v) is 1.75. The molecule has 0 spiro atoms. The van der Waals surface area contributed by atoms with E-state index < -0.39 is 0 Å². The van der Waals surface area contributed by atoms with Crippen LogP contribution in [0.2, 0.25) is 0 Å². The lowest BCUT2D eigenvalue weighted by molar-refractivity contribution is 1.43. The molecule has 9 heavy (non-hydrogen) atoms.